The number of nitrogens with one attached hydrogen (secondary N) is 1. The minimum Gasteiger partial charge on any atom is -0.339 e. The topological polar surface area (TPSA) is 71.3 Å². The van der Waals surface area contributed by atoms with Crippen molar-refractivity contribution in [3.05, 3.63) is 81.9 Å². The second-order valence-electron chi connectivity index (χ2n) is 7.38. The number of para-hydroxylation sites is 1. The molecule has 160 valence electrons. The monoisotopic (exact) mass is 456 g/mol. The molecule has 0 atom stereocenters. The van der Waals surface area contributed by atoms with E-state index in [4.69, 9.17) is 27.7 Å². The van der Waals surface area contributed by atoms with Crippen molar-refractivity contribution in [1.29, 1.82) is 0 Å². The minimum atomic E-state index is -0.150. The molecule has 1 aromatic heterocycles. The van der Waals surface area contributed by atoms with Crippen LogP contribution in [0, 0.1) is 0 Å². The molecule has 4 rings (SSSR count). The number of halogens is 2. The Labute approximate surface area is 190 Å². The zero-order chi connectivity index (χ0) is 21.6. The lowest BCUT2D eigenvalue weighted by Gasteiger charge is -2.25. The maximum atomic E-state index is 12.2. The summed E-state index contributed by atoms with van der Waals surface area (Å²) in [7, 11) is 0. The number of hydrogen-bond acceptors (Lipinski definition) is 5. The van der Waals surface area contributed by atoms with Crippen molar-refractivity contribution in [2.45, 2.75) is 25.8 Å². The van der Waals surface area contributed by atoms with Gasteiger partial charge in [-0.2, -0.15) is 4.98 Å². The molecule has 0 saturated carbocycles. The lowest BCUT2D eigenvalue weighted by molar-refractivity contribution is -0.116. The van der Waals surface area contributed by atoms with E-state index in [-0.39, 0.29) is 12.3 Å². The fraction of sp³-hybridized carbons (Fsp3) is 0.261. The summed E-state index contributed by atoms with van der Waals surface area (Å²) in [4.78, 5) is 19.0. The van der Waals surface area contributed by atoms with E-state index in [1.807, 2.05) is 24.3 Å². The van der Waals surface area contributed by atoms with Crippen LogP contribution in [0.1, 0.15) is 30.1 Å². The molecule has 3 aromatic rings. The van der Waals surface area contributed by atoms with Crippen molar-refractivity contribution >= 4 is 40.4 Å². The molecule has 6 nitrogen and oxygen atoms in total. The second-order valence-corrected chi connectivity index (χ2v) is 8.22. The number of carbonyl (C=O) groups is 1. The number of hydrogen-bond donors (Lipinski definition) is 1. The maximum absolute atomic E-state index is 12.2. The number of nitrogens with zero attached hydrogens (tertiary/aromatic N) is 3. The van der Waals surface area contributed by atoms with Crippen LogP contribution in [0.25, 0.3) is 5.57 Å². The van der Waals surface area contributed by atoms with Crippen molar-refractivity contribution in [3.63, 3.8) is 0 Å². The molecular weight excluding hydrogens is 435 g/mol. The standard InChI is InChI=1S/C23H22Cl2N4O2/c24-18-7-5-16(6-8-18)15-29-13-11-17(12-14-29)23-27-22(31-28-23)10-9-21(30)26-20-4-2-1-3-19(20)25/h1-8,11H,9-10,12-15H2,(H,26,30). The Kier molecular flexibility index (Phi) is 7.02. The van der Waals surface area contributed by atoms with Crippen molar-refractivity contribution in [2.75, 3.05) is 18.4 Å². The first-order chi connectivity index (χ1) is 15.1. The number of rotatable bonds is 7. The minimum absolute atomic E-state index is 0.150. The molecule has 1 N–H and O–H groups in total. The molecule has 0 fully saturated rings. The first kappa shape index (κ1) is 21.6. The van der Waals surface area contributed by atoms with Crippen molar-refractivity contribution in [1.82, 2.24) is 15.0 Å². The predicted octanol–water partition coefficient (Wildman–Crippen LogP) is 5.24. The number of carbonyl (C=O) groups excluding carboxylic acids is 1. The molecule has 0 unspecified atom stereocenters. The Bertz CT molecular complexity index is 1080. The molecule has 0 spiro atoms. The number of benzene rings is 2. The van der Waals surface area contributed by atoms with Crippen LogP contribution >= 0.6 is 23.2 Å². The zero-order valence-electron chi connectivity index (χ0n) is 16.9. The smallest absolute Gasteiger partial charge is 0.227 e. The Balaban J connectivity index is 1.27. The Hall–Kier alpha value is -2.67. The summed E-state index contributed by atoms with van der Waals surface area (Å²) in [5.74, 6) is 0.907. The third kappa shape index (κ3) is 5.94. The normalized spacial score (nSPS) is 14.3. The van der Waals surface area contributed by atoms with Crippen LogP contribution in [-0.4, -0.2) is 34.0 Å². The summed E-state index contributed by atoms with van der Waals surface area (Å²) in [6.07, 6.45) is 3.59. The van der Waals surface area contributed by atoms with Gasteiger partial charge in [0, 0.05) is 37.5 Å². The third-order valence-electron chi connectivity index (χ3n) is 5.08. The average Bonchev–Trinajstić information content (AvgIpc) is 3.25. The zero-order valence-corrected chi connectivity index (χ0v) is 18.4. The molecular formula is C23H22Cl2N4O2. The van der Waals surface area contributed by atoms with E-state index in [1.54, 1.807) is 12.1 Å². The van der Waals surface area contributed by atoms with Gasteiger partial charge in [0.1, 0.15) is 0 Å². The fourth-order valence-corrected chi connectivity index (χ4v) is 3.70. The molecule has 0 saturated heterocycles. The highest BCUT2D eigenvalue weighted by molar-refractivity contribution is 6.33. The van der Waals surface area contributed by atoms with Gasteiger partial charge in [0.15, 0.2) is 5.82 Å². The largest absolute Gasteiger partial charge is 0.339 e. The van der Waals surface area contributed by atoms with Gasteiger partial charge in [0.25, 0.3) is 0 Å². The van der Waals surface area contributed by atoms with Gasteiger partial charge in [-0.25, -0.2) is 0 Å². The van der Waals surface area contributed by atoms with Gasteiger partial charge in [-0.05, 0) is 41.8 Å². The van der Waals surface area contributed by atoms with E-state index in [0.717, 1.165) is 36.7 Å². The summed E-state index contributed by atoms with van der Waals surface area (Å²) in [5.41, 5.74) is 2.90. The summed E-state index contributed by atoms with van der Waals surface area (Å²) in [6.45, 7) is 2.61. The van der Waals surface area contributed by atoms with Gasteiger partial charge in [-0.15, -0.1) is 0 Å². The van der Waals surface area contributed by atoms with Gasteiger partial charge in [0.2, 0.25) is 11.8 Å². The molecule has 8 heteroatoms. The highest BCUT2D eigenvalue weighted by Crippen LogP contribution is 2.23. The van der Waals surface area contributed by atoms with E-state index < -0.39 is 0 Å². The van der Waals surface area contributed by atoms with E-state index in [0.29, 0.717) is 28.8 Å². The molecule has 0 bridgehead atoms. The number of amides is 1. The van der Waals surface area contributed by atoms with E-state index in [2.05, 4.69) is 38.6 Å². The van der Waals surface area contributed by atoms with Crippen LogP contribution in [0.2, 0.25) is 10.0 Å². The molecule has 0 radical (unpaired) electrons. The third-order valence-corrected chi connectivity index (χ3v) is 5.66. The average molecular weight is 457 g/mol. The first-order valence-electron chi connectivity index (χ1n) is 10.1. The predicted molar refractivity (Wildman–Crippen MR) is 122 cm³/mol. The Morgan fingerprint density at radius 1 is 1.13 bits per heavy atom. The van der Waals surface area contributed by atoms with Crippen LogP contribution in [0.15, 0.2) is 59.1 Å². The van der Waals surface area contributed by atoms with Crippen molar-refractivity contribution < 1.29 is 9.32 Å². The highest BCUT2D eigenvalue weighted by Gasteiger charge is 2.18. The summed E-state index contributed by atoms with van der Waals surface area (Å²) < 4.78 is 5.34. The van der Waals surface area contributed by atoms with Gasteiger partial charge < -0.3 is 9.84 Å². The SMILES string of the molecule is O=C(CCc1nc(C2=CCN(Cc3ccc(Cl)cc3)CC2)no1)Nc1ccccc1Cl. The number of aromatic nitrogens is 2. The van der Waals surface area contributed by atoms with Gasteiger partial charge >= 0.3 is 0 Å². The van der Waals surface area contributed by atoms with Crippen LogP contribution in [-0.2, 0) is 17.8 Å². The molecule has 0 aliphatic carbocycles. The number of aryl methyl sites for hydroxylation is 1. The maximum Gasteiger partial charge on any atom is 0.227 e. The molecule has 1 amide bonds. The molecule has 31 heavy (non-hydrogen) atoms. The van der Waals surface area contributed by atoms with E-state index in [1.165, 1.54) is 5.56 Å². The van der Waals surface area contributed by atoms with Crippen LogP contribution < -0.4 is 5.32 Å². The van der Waals surface area contributed by atoms with E-state index >= 15 is 0 Å². The van der Waals surface area contributed by atoms with Crippen molar-refractivity contribution in [3.8, 4) is 0 Å². The molecule has 2 aromatic carbocycles. The van der Waals surface area contributed by atoms with Crippen molar-refractivity contribution in [2.24, 2.45) is 0 Å². The lowest BCUT2D eigenvalue weighted by atomic mass is 10.1. The fourth-order valence-electron chi connectivity index (χ4n) is 3.39. The van der Waals surface area contributed by atoms with Crippen LogP contribution in [0.3, 0.4) is 0 Å². The summed E-state index contributed by atoms with van der Waals surface area (Å²) in [6, 6.07) is 15.1. The second kappa shape index (κ2) is 10.1. The van der Waals surface area contributed by atoms with Crippen LogP contribution in [0.4, 0.5) is 5.69 Å². The first-order valence-corrected chi connectivity index (χ1v) is 10.9. The summed E-state index contributed by atoms with van der Waals surface area (Å²) >= 11 is 12.0. The van der Waals surface area contributed by atoms with E-state index in [9.17, 15) is 4.79 Å². The Morgan fingerprint density at radius 3 is 2.68 bits per heavy atom. The quantitative estimate of drug-likeness (QED) is 0.526. The molecule has 1 aliphatic heterocycles. The molecule has 1 aliphatic rings. The van der Waals surface area contributed by atoms with Crippen LogP contribution in [0.5, 0.6) is 0 Å². The lowest BCUT2D eigenvalue weighted by Crippen LogP contribution is -2.28. The summed E-state index contributed by atoms with van der Waals surface area (Å²) in [5, 5.41) is 8.14. The highest BCUT2D eigenvalue weighted by atomic mass is 35.5. The van der Waals surface area contributed by atoms with Gasteiger partial charge in [-0.1, -0.05) is 58.7 Å². The van der Waals surface area contributed by atoms with Gasteiger partial charge in [0.05, 0.1) is 10.7 Å². The Morgan fingerprint density at radius 2 is 1.94 bits per heavy atom. The number of anilines is 1. The molecule has 2 heterocycles. The van der Waals surface area contributed by atoms with Gasteiger partial charge in [-0.3, -0.25) is 9.69 Å².